The first-order valence-electron chi connectivity index (χ1n) is 6.49. The SMILES string of the molecule is Cc1ccc(OCc2nc(C(=O)NC(C)C)cs2)cc1. The van der Waals surface area contributed by atoms with Crippen LogP contribution in [0.1, 0.15) is 34.9 Å². The van der Waals surface area contributed by atoms with E-state index in [0.717, 1.165) is 10.8 Å². The van der Waals surface area contributed by atoms with Gasteiger partial charge in [-0.15, -0.1) is 11.3 Å². The number of aromatic nitrogens is 1. The van der Waals surface area contributed by atoms with Gasteiger partial charge in [-0.1, -0.05) is 17.7 Å². The summed E-state index contributed by atoms with van der Waals surface area (Å²) in [6.45, 7) is 6.25. The van der Waals surface area contributed by atoms with E-state index in [4.69, 9.17) is 4.74 Å². The molecule has 4 nitrogen and oxygen atoms in total. The quantitative estimate of drug-likeness (QED) is 0.920. The van der Waals surface area contributed by atoms with Gasteiger partial charge in [0.1, 0.15) is 23.1 Å². The molecule has 0 fully saturated rings. The molecule has 0 spiro atoms. The van der Waals surface area contributed by atoms with Crippen LogP contribution >= 0.6 is 11.3 Å². The van der Waals surface area contributed by atoms with Gasteiger partial charge < -0.3 is 10.1 Å². The Morgan fingerprint density at radius 1 is 1.35 bits per heavy atom. The second-order valence-electron chi connectivity index (χ2n) is 4.86. The first kappa shape index (κ1) is 14.5. The van der Waals surface area contributed by atoms with Crippen LogP contribution in [0.4, 0.5) is 0 Å². The molecule has 0 aliphatic heterocycles. The van der Waals surface area contributed by atoms with Gasteiger partial charge in [0, 0.05) is 11.4 Å². The number of amides is 1. The minimum Gasteiger partial charge on any atom is -0.486 e. The molecule has 0 saturated heterocycles. The maximum atomic E-state index is 11.8. The van der Waals surface area contributed by atoms with Gasteiger partial charge in [-0.2, -0.15) is 0 Å². The van der Waals surface area contributed by atoms with Crippen molar-refractivity contribution in [2.45, 2.75) is 33.4 Å². The monoisotopic (exact) mass is 290 g/mol. The highest BCUT2D eigenvalue weighted by Gasteiger charge is 2.11. The second-order valence-corrected chi connectivity index (χ2v) is 5.80. The highest BCUT2D eigenvalue weighted by atomic mass is 32.1. The number of nitrogens with one attached hydrogen (secondary N) is 1. The Labute approximate surface area is 122 Å². The van der Waals surface area contributed by atoms with Crippen molar-refractivity contribution in [3.8, 4) is 5.75 Å². The van der Waals surface area contributed by atoms with Crippen molar-refractivity contribution in [3.05, 3.63) is 45.9 Å². The number of thiazole rings is 1. The highest BCUT2D eigenvalue weighted by molar-refractivity contribution is 7.09. The van der Waals surface area contributed by atoms with Gasteiger partial charge >= 0.3 is 0 Å². The zero-order valence-electron chi connectivity index (χ0n) is 11.8. The molecular weight excluding hydrogens is 272 g/mol. The molecule has 0 bridgehead atoms. The third-order valence-electron chi connectivity index (χ3n) is 2.59. The number of carbonyl (C=O) groups excluding carboxylic acids is 1. The Morgan fingerprint density at radius 2 is 2.05 bits per heavy atom. The standard InChI is InChI=1S/C15H18N2O2S/c1-10(2)16-15(18)13-9-20-14(17-13)8-19-12-6-4-11(3)5-7-12/h4-7,9-10H,8H2,1-3H3,(H,16,18). The van der Waals surface area contributed by atoms with E-state index in [1.54, 1.807) is 5.38 Å². The van der Waals surface area contributed by atoms with E-state index >= 15 is 0 Å². The van der Waals surface area contributed by atoms with Gasteiger partial charge in [-0.25, -0.2) is 4.98 Å². The number of rotatable bonds is 5. The first-order chi connectivity index (χ1) is 9.54. The van der Waals surface area contributed by atoms with Crippen LogP contribution in [0, 0.1) is 6.92 Å². The van der Waals surface area contributed by atoms with Gasteiger partial charge in [0.15, 0.2) is 0 Å². The molecule has 0 radical (unpaired) electrons. The first-order valence-corrected chi connectivity index (χ1v) is 7.37. The molecule has 0 unspecified atom stereocenters. The number of carbonyl (C=O) groups is 1. The summed E-state index contributed by atoms with van der Waals surface area (Å²) in [7, 11) is 0. The van der Waals surface area contributed by atoms with Crippen LogP contribution in [0.5, 0.6) is 5.75 Å². The molecule has 20 heavy (non-hydrogen) atoms. The van der Waals surface area contributed by atoms with E-state index in [-0.39, 0.29) is 11.9 Å². The third kappa shape index (κ3) is 4.06. The minimum atomic E-state index is -0.141. The Hall–Kier alpha value is -1.88. The molecule has 0 aliphatic rings. The van der Waals surface area contributed by atoms with Crippen molar-refractivity contribution < 1.29 is 9.53 Å². The topological polar surface area (TPSA) is 51.2 Å². The third-order valence-corrected chi connectivity index (χ3v) is 3.41. The number of aryl methyl sites for hydroxylation is 1. The number of hydrogen-bond donors (Lipinski definition) is 1. The molecule has 0 atom stereocenters. The van der Waals surface area contributed by atoms with Gasteiger partial charge in [0.25, 0.3) is 5.91 Å². The summed E-state index contributed by atoms with van der Waals surface area (Å²) in [5.41, 5.74) is 1.64. The molecule has 1 N–H and O–H groups in total. The minimum absolute atomic E-state index is 0.108. The van der Waals surface area contributed by atoms with Crippen LogP contribution < -0.4 is 10.1 Å². The summed E-state index contributed by atoms with van der Waals surface area (Å²) in [4.78, 5) is 16.0. The lowest BCUT2D eigenvalue weighted by atomic mass is 10.2. The molecule has 1 aromatic heterocycles. The molecule has 1 heterocycles. The van der Waals surface area contributed by atoms with E-state index in [0.29, 0.717) is 12.3 Å². The van der Waals surface area contributed by atoms with Crippen molar-refractivity contribution in [1.29, 1.82) is 0 Å². The largest absolute Gasteiger partial charge is 0.486 e. The fourth-order valence-corrected chi connectivity index (χ4v) is 2.28. The van der Waals surface area contributed by atoms with Crippen LogP contribution in [0.3, 0.4) is 0 Å². The number of nitrogens with zero attached hydrogens (tertiary/aromatic N) is 1. The van der Waals surface area contributed by atoms with Crippen molar-refractivity contribution in [1.82, 2.24) is 10.3 Å². The maximum absolute atomic E-state index is 11.8. The number of ether oxygens (including phenoxy) is 1. The van der Waals surface area contributed by atoms with E-state index in [1.165, 1.54) is 16.9 Å². The summed E-state index contributed by atoms with van der Waals surface area (Å²) in [6.07, 6.45) is 0. The van der Waals surface area contributed by atoms with Crippen molar-refractivity contribution in [3.63, 3.8) is 0 Å². The Kier molecular flexibility index (Phi) is 4.74. The fraction of sp³-hybridized carbons (Fsp3) is 0.333. The van der Waals surface area contributed by atoms with E-state index in [2.05, 4.69) is 10.3 Å². The van der Waals surface area contributed by atoms with Crippen molar-refractivity contribution in [2.75, 3.05) is 0 Å². The van der Waals surface area contributed by atoms with E-state index in [9.17, 15) is 4.79 Å². The normalized spacial score (nSPS) is 10.6. The van der Waals surface area contributed by atoms with E-state index < -0.39 is 0 Å². The zero-order valence-corrected chi connectivity index (χ0v) is 12.7. The summed E-state index contributed by atoms with van der Waals surface area (Å²) < 4.78 is 5.64. The van der Waals surface area contributed by atoms with Crippen molar-refractivity contribution in [2.24, 2.45) is 0 Å². The molecule has 2 rings (SSSR count). The predicted molar refractivity (Wildman–Crippen MR) is 80.2 cm³/mol. The van der Waals surface area contributed by atoms with Crippen LogP contribution in [-0.4, -0.2) is 16.9 Å². The highest BCUT2D eigenvalue weighted by Crippen LogP contribution is 2.16. The average molecular weight is 290 g/mol. The molecule has 5 heteroatoms. The summed E-state index contributed by atoms with van der Waals surface area (Å²) in [6, 6.07) is 7.96. The number of hydrogen-bond acceptors (Lipinski definition) is 4. The fourth-order valence-electron chi connectivity index (χ4n) is 1.60. The Morgan fingerprint density at radius 3 is 2.70 bits per heavy atom. The van der Waals surface area contributed by atoms with Crippen LogP contribution in [-0.2, 0) is 6.61 Å². The summed E-state index contributed by atoms with van der Waals surface area (Å²) in [5, 5.41) is 5.36. The average Bonchev–Trinajstić information content (AvgIpc) is 2.86. The molecule has 2 aromatic rings. The van der Waals surface area contributed by atoms with Gasteiger partial charge in [-0.05, 0) is 32.9 Å². The second kappa shape index (κ2) is 6.52. The lowest BCUT2D eigenvalue weighted by Crippen LogP contribution is -2.30. The van der Waals surface area contributed by atoms with Crippen molar-refractivity contribution >= 4 is 17.2 Å². The van der Waals surface area contributed by atoms with E-state index in [1.807, 2.05) is 45.0 Å². The maximum Gasteiger partial charge on any atom is 0.270 e. The molecular formula is C15H18N2O2S. The smallest absolute Gasteiger partial charge is 0.270 e. The molecule has 1 amide bonds. The van der Waals surface area contributed by atoms with Gasteiger partial charge in [0.2, 0.25) is 0 Å². The predicted octanol–water partition coefficient (Wildman–Crippen LogP) is 3.17. The lowest BCUT2D eigenvalue weighted by Gasteiger charge is -2.05. The van der Waals surface area contributed by atoms with Gasteiger partial charge in [-0.3, -0.25) is 4.79 Å². The molecule has 0 aliphatic carbocycles. The Bertz CT molecular complexity index is 576. The van der Waals surface area contributed by atoms with Gasteiger partial charge in [0.05, 0.1) is 0 Å². The molecule has 106 valence electrons. The molecule has 0 saturated carbocycles. The summed E-state index contributed by atoms with van der Waals surface area (Å²) in [5.74, 6) is 0.664. The van der Waals surface area contributed by atoms with Crippen LogP contribution in [0.2, 0.25) is 0 Å². The molecule has 1 aromatic carbocycles. The Balaban J connectivity index is 1.92. The van der Waals surface area contributed by atoms with Crippen LogP contribution in [0.25, 0.3) is 0 Å². The lowest BCUT2D eigenvalue weighted by molar-refractivity contribution is 0.0938. The number of benzene rings is 1. The zero-order chi connectivity index (χ0) is 14.5. The van der Waals surface area contributed by atoms with Crippen LogP contribution in [0.15, 0.2) is 29.6 Å². The summed E-state index contributed by atoms with van der Waals surface area (Å²) >= 11 is 1.43.